The van der Waals surface area contributed by atoms with Gasteiger partial charge in [-0.25, -0.2) is 0 Å². The molecule has 0 aliphatic carbocycles. The molecular formula is C24H38N2O4. The van der Waals surface area contributed by atoms with Crippen LogP contribution in [-0.4, -0.2) is 50.3 Å². The molecule has 1 aromatic rings. The Hall–Kier alpha value is -1.79. The highest BCUT2D eigenvalue weighted by molar-refractivity contribution is 5.76. The second-order valence-electron chi connectivity index (χ2n) is 8.70. The lowest BCUT2D eigenvalue weighted by Crippen LogP contribution is -2.51. The largest absolute Gasteiger partial charge is 0.493 e. The molecule has 2 aliphatic rings. The van der Waals surface area contributed by atoms with Gasteiger partial charge in [0.2, 0.25) is 0 Å². The third-order valence-corrected chi connectivity index (χ3v) is 5.65. The summed E-state index contributed by atoms with van der Waals surface area (Å²) in [4.78, 5) is 14.2. The van der Waals surface area contributed by atoms with Crippen molar-refractivity contribution < 1.29 is 28.6 Å². The van der Waals surface area contributed by atoms with Crippen molar-refractivity contribution in [2.75, 3.05) is 27.3 Å². The zero-order chi connectivity index (χ0) is 28.2. The Bertz CT molecular complexity index is 1050. The summed E-state index contributed by atoms with van der Waals surface area (Å²) in [5, 5.41) is 0. The van der Waals surface area contributed by atoms with Crippen molar-refractivity contribution in [1.82, 2.24) is 4.90 Å². The lowest BCUT2D eigenvalue weighted by Gasteiger charge is -2.47. The maximum Gasteiger partial charge on any atom is 0.323 e. The summed E-state index contributed by atoms with van der Waals surface area (Å²) in [5.74, 6) is -1.77. The molecule has 0 radical (unpaired) electrons. The van der Waals surface area contributed by atoms with Crippen LogP contribution in [0.15, 0.2) is 12.1 Å². The number of rotatable bonds is 7. The van der Waals surface area contributed by atoms with Crippen molar-refractivity contribution in [2.24, 2.45) is 23.5 Å². The molecule has 6 heteroatoms. The van der Waals surface area contributed by atoms with E-state index in [4.69, 9.17) is 28.2 Å². The van der Waals surface area contributed by atoms with Crippen LogP contribution in [-0.2, 0) is 15.9 Å². The minimum atomic E-state index is -2.69. The first-order valence-corrected chi connectivity index (χ1v) is 10.5. The smallest absolute Gasteiger partial charge is 0.323 e. The van der Waals surface area contributed by atoms with Gasteiger partial charge in [0.15, 0.2) is 11.5 Å². The molecule has 3 rings (SSSR count). The van der Waals surface area contributed by atoms with Crippen LogP contribution in [0.25, 0.3) is 0 Å². The number of benzene rings is 1. The summed E-state index contributed by atoms with van der Waals surface area (Å²) in [6.45, 7) is 4.74. The fourth-order valence-electron chi connectivity index (χ4n) is 3.93. The van der Waals surface area contributed by atoms with Crippen molar-refractivity contribution in [3.63, 3.8) is 0 Å². The van der Waals surface area contributed by atoms with E-state index >= 15 is 0 Å². The van der Waals surface area contributed by atoms with Crippen molar-refractivity contribution >= 4 is 5.97 Å². The van der Waals surface area contributed by atoms with Crippen LogP contribution in [0.2, 0.25) is 0 Å². The quantitative estimate of drug-likeness (QED) is 0.673. The summed E-state index contributed by atoms with van der Waals surface area (Å²) < 4.78 is 78.6. The lowest BCUT2D eigenvalue weighted by molar-refractivity contribution is -0.160. The molecular weight excluding hydrogens is 380 g/mol. The Morgan fingerprint density at radius 2 is 1.97 bits per heavy atom. The first-order chi connectivity index (χ1) is 17.0. The van der Waals surface area contributed by atoms with Crippen LogP contribution in [0.4, 0.5) is 0 Å². The van der Waals surface area contributed by atoms with E-state index in [0.717, 1.165) is 0 Å². The highest BCUT2D eigenvalue weighted by atomic mass is 16.5. The molecule has 0 bridgehead atoms. The van der Waals surface area contributed by atoms with E-state index in [2.05, 4.69) is 0 Å². The minimum absolute atomic E-state index is 0.0339. The molecule has 2 aliphatic heterocycles. The topological polar surface area (TPSA) is 74.0 Å². The molecule has 1 saturated heterocycles. The highest BCUT2D eigenvalue weighted by Gasteiger charge is 2.41. The van der Waals surface area contributed by atoms with E-state index in [1.54, 1.807) is 13.8 Å². The molecule has 6 nitrogen and oxygen atoms in total. The van der Waals surface area contributed by atoms with Gasteiger partial charge in [-0.1, -0.05) is 27.7 Å². The third kappa shape index (κ3) is 4.75. The number of carbonyl (C=O) groups excluding carboxylic acids is 1. The molecule has 3 unspecified atom stereocenters. The van der Waals surface area contributed by atoms with Gasteiger partial charge in [0, 0.05) is 36.9 Å². The van der Waals surface area contributed by atoms with Gasteiger partial charge < -0.3 is 19.9 Å². The molecule has 0 saturated carbocycles. The van der Waals surface area contributed by atoms with E-state index in [1.807, 2.05) is 13.8 Å². The summed E-state index contributed by atoms with van der Waals surface area (Å²) >= 11 is 0. The van der Waals surface area contributed by atoms with Crippen LogP contribution in [0, 0.1) is 17.8 Å². The van der Waals surface area contributed by atoms with Crippen LogP contribution < -0.4 is 15.2 Å². The van der Waals surface area contributed by atoms with Crippen LogP contribution >= 0.6 is 0 Å². The molecule has 0 amide bonds. The summed E-state index contributed by atoms with van der Waals surface area (Å²) in [5.41, 5.74) is 5.73. The number of ether oxygens (including phenoxy) is 3. The highest BCUT2D eigenvalue weighted by Crippen LogP contribution is 2.44. The molecule has 4 atom stereocenters. The van der Waals surface area contributed by atoms with Crippen molar-refractivity contribution in [3.8, 4) is 11.5 Å². The molecule has 30 heavy (non-hydrogen) atoms. The van der Waals surface area contributed by atoms with Gasteiger partial charge >= 0.3 is 5.97 Å². The van der Waals surface area contributed by atoms with Crippen LogP contribution in [0.5, 0.6) is 11.5 Å². The fraction of sp³-hybridized carbons (Fsp3) is 0.708. The number of nitrogens with two attached hydrogens (primary N) is 1. The molecule has 0 aromatic heterocycles. The molecule has 0 spiro atoms. The Balaban J connectivity index is 2.26. The van der Waals surface area contributed by atoms with E-state index in [9.17, 15) is 6.17 Å². The van der Waals surface area contributed by atoms with Gasteiger partial charge in [-0.05, 0) is 47.8 Å². The third-order valence-electron chi connectivity index (χ3n) is 5.65. The van der Waals surface area contributed by atoms with Gasteiger partial charge in [0.05, 0.1) is 18.3 Å². The predicted molar refractivity (Wildman–Crippen MR) is 118 cm³/mol. The summed E-state index contributed by atoms with van der Waals surface area (Å²) in [6.07, 6.45) is -4.31. The first-order valence-electron chi connectivity index (χ1n) is 14.0. The van der Waals surface area contributed by atoms with Gasteiger partial charge in [0.25, 0.3) is 0 Å². The van der Waals surface area contributed by atoms with Gasteiger partial charge in [-0.2, -0.15) is 0 Å². The SMILES string of the molecule is [2H]c1c(OC)c(OC)c([2H])c2c1C1CC([2H])(OC(=O)[C@@H](N)C(C)C)C(CC(C)C)CN1C([2H])([2H])C2([2H])[2H]. The maximum atomic E-state index is 12.9. The number of piperidine rings is 1. The molecule has 1 aromatic carbocycles. The number of fused-ring (bicyclic) bond motifs is 3. The number of hydrogen-bond acceptors (Lipinski definition) is 6. The zero-order valence-electron chi connectivity index (χ0n) is 25.7. The number of nitrogens with zero attached hydrogens (tertiary/aromatic N) is 1. The van der Waals surface area contributed by atoms with Crippen molar-refractivity contribution in [3.05, 3.63) is 23.2 Å². The maximum absolute atomic E-state index is 12.9. The second-order valence-corrected chi connectivity index (χ2v) is 8.70. The van der Waals surface area contributed by atoms with Crippen LogP contribution in [0.3, 0.4) is 0 Å². The Morgan fingerprint density at radius 1 is 1.30 bits per heavy atom. The normalized spacial score (nSPS) is 34.1. The Morgan fingerprint density at radius 3 is 2.57 bits per heavy atom. The predicted octanol–water partition coefficient (Wildman–Crippen LogP) is 3.56. The molecule has 168 valence electrons. The number of methoxy groups -OCH3 is 2. The van der Waals surface area contributed by atoms with Crippen molar-refractivity contribution in [1.29, 1.82) is 0 Å². The number of hydrogen-bond donors (Lipinski definition) is 1. The molecule has 2 N–H and O–H groups in total. The average molecular weight is 426 g/mol. The van der Waals surface area contributed by atoms with Crippen molar-refractivity contribution in [2.45, 2.75) is 65.1 Å². The molecule has 2 heterocycles. The standard InChI is InChI=1S/C24H38N2O4/c1-14(2)9-17-13-26-8-7-16-10-21(28-5)22(29-6)11-18(16)19(26)12-20(17)30-24(27)23(25)15(3)4/h10-11,14-15,17,19-20,23H,7-9,12-13,25H2,1-6H3/t17?,19?,20?,23-/m0/s1/i7D2,8D2,10D,11D,20D. The van der Waals surface area contributed by atoms with Gasteiger partial charge in [-0.3, -0.25) is 9.69 Å². The van der Waals surface area contributed by atoms with Crippen LogP contribution in [0.1, 0.15) is 67.3 Å². The van der Waals surface area contributed by atoms with E-state index in [1.165, 1.54) is 19.1 Å². The minimum Gasteiger partial charge on any atom is -0.493 e. The van der Waals surface area contributed by atoms with E-state index in [-0.39, 0.29) is 53.5 Å². The second kappa shape index (κ2) is 9.56. The lowest BCUT2D eigenvalue weighted by atomic mass is 9.79. The molecule has 1 fully saturated rings. The number of esters is 1. The summed E-state index contributed by atoms with van der Waals surface area (Å²) in [7, 11) is 2.57. The average Bonchev–Trinajstić information content (AvgIpc) is 2.78. The Labute approximate surface area is 190 Å². The van der Waals surface area contributed by atoms with Gasteiger partial charge in [-0.15, -0.1) is 0 Å². The Kier molecular flexibility index (Phi) is 4.81. The van der Waals surface area contributed by atoms with Gasteiger partial charge in [0.1, 0.15) is 12.1 Å². The van der Waals surface area contributed by atoms with E-state index in [0.29, 0.717) is 6.42 Å². The first kappa shape index (κ1) is 15.1. The summed E-state index contributed by atoms with van der Waals surface area (Å²) in [6, 6.07) is -2.66. The monoisotopic (exact) mass is 425 g/mol. The zero-order valence-corrected chi connectivity index (χ0v) is 18.7. The fourth-order valence-corrected chi connectivity index (χ4v) is 3.93. The van der Waals surface area contributed by atoms with E-state index < -0.39 is 49.0 Å². The number of carbonyl (C=O) groups is 1.